The van der Waals surface area contributed by atoms with Crippen molar-refractivity contribution in [2.45, 2.75) is 129 Å². The Morgan fingerprint density at radius 3 is 1.87 bits per heavy atom. The third kappa shape index (κ3) is 13.9. The van der Waals surface area contributed by atoms with Crippen molar-refractivity contribution in [3.63, 3.8) is 0 Å². The summed E-state index contributed by atoms with van der Waals surface area (Å²) in [6.07, 6.45) is 6.92. The topological polar surface area (TPSA) is 88.1 Å². The second kappa shape index (κ2) is 21.4. The number of rotatable bonds is 21. The number of fused-ring (bicyclic) bond motifs is 1. The zero-order chi connectivity index (χ0) is 38.1. The second-order valence-electron chi connectivity index (χ2n) is 13.8. The van der Waals surface area contributed by atoms with Gasteiger partial charge in [0.2, 0.25) is 0 Å². The van der Waals surface area contributed by atoms with Gasteiger partial charge < -0.3 is 18.9 Å². The maximum Gasteiger partial charge on any atom is 0.425 e. The smallest absolute Gasteiger partial charge is 0.425 e. The van der Waals surface area contributed by atoms with Crippen molar-refractivity contribution in [1.82, 2.24) is 0 Å². The minimum atomic E-state index is -4.66. The molecule has 10 heteroatoms. The molecule has 0 radical (unpaired) electrons. The van der Waals surface area contributed by atoms with E-state index in [1.54, 1.807) is 30.3 Å². The first-order valence-corrected chi connectivity index (χ1v) is 19.2. The van der Waals surface area contributed by atoms with Gasteiger partial charge in [-0.3, -0.25) is 4.79 Å². The molecular weight excluding hydrogens is 685 g/mol. The van der Waals surface area contributed by atoms with Gasteiger partial charge in [-0.25, -0.2) is 9.59 Å². The number of unbranched alkanes of at least 4 members (excludes halogenated alkanes) is 10. The van der Waals surface area contributed by atoms with Gasteiger partial charge >= 0.3 is 24.1 Å². The van der Waals surface area contributed by atoms with Crippen LogP contribution in [-0.4, -0.2) is 36.8 Å². The number of hydrogen-bond donors (Lipinski definition) is 0. The molecule has 0 fully saturated rings. The summed E-state index contributed by atoms with van der Waals surface area (Å²) in [6, 6.07) is 17.6. The summed E-state index contributed by atoms with van der Waals surface area (Å²) in [5.41, 5.74) is 2.28. The van der Waals surface area contributed by atoms with Crippen LogP contribution in [0.2, 0.25) is 0 Å². The fourth-order valence-electron chi connectivity index (χ4n) is 6.38. The number of ether oxygens (including phenoxy) is 4. The van der Waals surface area contributed by atoms with Crippen LogP contribution < -0.4 is 14.2 Å². The van der Waals surface area contributed by atoms with E-state index in [1.165, 1.54) is 62.8 Å². The van der Waals surface area contributed by atoms with Crippen LogP contribution in [0.3, 0.4) is 0 Å². The highest BCUT2D eigenvalue weighted by Crippen LogP contribution is 2.31. The van der Waals surface area contributed by atoms with Gasteiger partial charge in [0, 0.05) is 0 Å². The van der Waals surface area contributed by atoms with Crippen LogP contribution in [0.25, 0.3) is 0 Å². The standard InChI is InChI=1S/C43H53F3O7/c1-3-5-7-9-10-11-12-14-28-50-36-23-18-31(19-24-36)40(47)52-38-27-22-33-29-35(17-16-34(33)30-38)42(49)51-37-25-20-32(21-26-37)41(48)53-39(43(44,45)46)15-13-8-6-4-2/h18-27,30,35,39H,3-17,28-29H2,1-2H3/t35?,39-/m1/s1. The van der Waals surface area contributed by atoms with Crippen molar-refractivity contribution in [2.24, 2.45) is 5.92 Å². The zero-order valence-electron chi connectivity index (χ0n) is 31.0. The van der Waals surface area contributed by atoms with Crippen LogP contribution in [0, 0.1) is 5.92 Å². The van der Waals surface area contributed by atoms with Crippen LogP contribution in [0.4, 0.5) is 13.2 Å². The van der Waals surface area contributed by atoms with Crippen molar-refractivity contribution in [3.05, 3.63) is 89.0 Å². The molecule has 0 saturated heterocycles. The molecule has 4 rings (SSSR count). The average Bonchev–Trinajstić information content (AvgIpc) is 3.15. The molecule has 0 N–H and O–H groups in total. The Morgan fingerprint density at radius 1 is 0.660 bits per heavy atom. The van der Waals surface area contributed by atoms with Crippen molar-refractivity contribution < 1.29 is 46.5 Å². The number of halogens is 3. The first-order valence-electron chi connectivity index (χ1n) is 19.2. The van der Waals surface area contributed by atoms with Gasteiger partial charge in [-0.05, 0) is 110 Å². The Balaban J connectivity index is 1.20. The summed E-state index contributed by atoms with van der Waals surface area (Å²) in [5.74, 6) is -1.11. The molecule has 0 spiro atoms. The highest BCUT2D eigenvalue weighted by Gasteiger charge is 2.42. The molecule has 53 heavy (non-hydrogen) atoms. The Morgan fingerprint density at radius 2 is 1.23 bits per heavy atom. The number of benzene rings is 3. The van der Waals surface area contributed by atoms with E-state index >= 15 is 0 Å². The van der Waals surface area contributed by atoms with E-state index in [9.17, 15) is 27.6 Å². The first-order chi connectivity index (χ1) is 25.6. The van der Waals surface area contributed by atoms with Crippen molar-refractivity contribution in [1.29, 1.82) is 0 Å². The highest BCUT2D eigenvalue weighted by molar-refractivity contribution is 5.91. The number of alkyl halides is 3. The molecule has 0 saturated carbocycles. The molecule has 2 atom stereocenters. The van der Waals surface area contributed by atoms with Crippen molar-refractivity contribution in [2.75, 3.05) is 6.61 Å². The van der Waals surface area contributed by atoms with Crippen LogP contribution in [0.1, 0.15) is 136 Å². The summed E-state index contributed by atoms with van der Waals surface area (Å²) < 4.78 is 62.2. The Bertz CT molecular complexity index is 1580. The number of carbonyl (C=O) groups is 3. The largest absolute Gasteiger partial charge is 0.494 e. The van der Waals surface area contributed by atoms with Crippen molar-refractivity contribution >= 4 is 17.9 Å². The lowest BCUT2D eigenvalue weighted by molar-refractivity contribution is -0.206. The lowest BCUT2D eigenvalue weighted by Gasteiger charge is -2.23. The minimum Gasteiger partial charge on any atom is -0.494 e. The predicted octanol–water partition coefficient (Wildman–Crippen LogP) is 11.2. The van der Waals surface area contributed by atoms with Gasteiger partial charge in [0.1, 0.15) is 17.2 Å². The third-order valence-electron chi connectivity index (χ3n) is 9.55. The van der Waals surface area contributed by atoms with Crippen molar-refractivity contribution in [3.8, 4) is 17.2 Å². The molecule has 288 valence electrons. The summed E-state index contributed by atoms with van der Waals surface area (Å²) in [6.45, 7) is 4.83. The quantitative estimate of drug-likeness (QED) is 0.0611. The molecule has 3 aromatic rings. The SMILES string of the molecule is CCCCCCCCCCOc1ccc(C(=O)Oc2ccc3c(c2)CCC(C(=O)Oc2ccc(C(=O)O[C@H](CCCCCC)C(F)(F)F)cc2)C3)cc1. The second-order valence-corrected chi connectivity index (χ2v) is 13.8. The average molecular weight is 739 g/mol. The van der Waals surface area contributed by atoms with Gasteiger partial charge in [-0.15, -0.1) is 0 Å². The summed E-state index contributed by atoms with van der Waals surface area (Å²) >= 11 is 0. The molecule has 0 aliphatic heterocycles. The predicted molar refractivity (Wildman–Crippen MR) is 198 cm³/mol. The van der Waals surface area contributed by atoms with Gasteiger partial charge in [-0.2, -0.15) is 13.2 Å². The minimum absolute atomic E-state index is 0.0638. The molecule has 0 bridgehead atoms. The fraction of sp³-hybridized carbons (Fsp3) is 0.512. The summed E-state index contributed by atoms with van der Waals surface area (Å²) in [5, 5.41) is 0. The van der Waals surface area contributed by atoms with E-state index < -0.39 is 36.1 Å². The molecule has 1 aliphatic carbocycles. The first kappa shape index (κ1) is 41.4. The lowest BCUT2D eigenvalue weighted by atomic mass is 9.84. The molecular formula is C43H53F3O7. The van der Waals surface area contributed by atoms with E-state index in [2.05, 4.69) is 6.92 Å². The molecule has 0 amide bonds. The molecule has 0 heterocycles. The molecule has 1 aliphatic rings. The zero-order valence-corrected chi connectivity index (χ0v) is 31.0. The highest BCUT2D eigenvalue weighted by atomic mass is 19.4. The van der Waals surface area contributed by atoms with E-state index in [-0.39, 0.29) is 17.7 Å². The van der Waals surface area contributed by atoms with Gasteiger partial charge in [0.25, 0.3) is 0 Å². The molecule has 0 aromatic heterocycles. The Kier molecular flexibility index (Phi) is 16.7. The van der Waals surface area contributed by atoms with E-state index in [0.717, 1.165) is 42.6 Å². The summed E-state index contributed by atoms with van der Waals surface area (Å²) in [4.78, 5) is 38.3. The normalized spacial score (nSPS) is 14.5. The van der Waals surface area contributed by atoms with Gasteiger partial charge in [0.05, 0.1) is 23.7 Å². The molecule has 1 unspecified atom stereocenters. The van der Waals surface area contributed by atoms with Gasteiger partial charge in [-0.1, -0.05) is 84.1 Å². The lowest BCUT2D eigenvalue weighted by Crippen LogP contribution is -2.33. The fourth-order valence-corrected chi connectivity index (χ4v) is 6.38. The van der Waals surface area contributed by atoms with E-state index in [1.807, 2.05) is 19.1 Å². The van der Waals surface area contributed by atoms with Crippen LogP contribution >= 0.6 is 0 Å². The monoisotopic (exact) mass is 738 g/mol. The number of esters is 3. The third-order valence-corrected chi connectivity index (χ3v) is 9.55. The summed E-state index contributed by atoms with van der Waals surface area (Å²) in [7, 11) is 0. The molecule has 3 aromatic carbocycles. The van der Waals surface area contributed by atoms with Crippen LogP contribution in [-0.2, 0) is 22.4 Å². The Hall–Kier alpha value is -4.34. The van der Waals surface area contributed by atoms with Gasteiger partial charge in [0.15, 0.2) is 6.10 Å². The molecule has 7 nitrogen and oxygen atoms in total. The van der Waals surface area contributed by atoms with Crippen LogP contribution in [0.5, 0.6) is 17.2 Å². The van der Waals surface area contributed by atoms with E-state index in [0.29, 0.717) is 50.0 Å². The number of hydrogen-bond acceptors (Lipinski definition) is 7. The Labute approximate surface area is 311 Å². The maximum absolute atomic E-state index is 13.4. The van der Waals surface area contributed by atoms with E-state index in [4.69, 9.17) is 18.9 Å². The number of carbonyl (C=O) groups excluding carboxylic acids is 3. The van der Waals surface area contributed by atoms with Crippen LogP contribution in [0.15, 0.2) is 66.7 Å². The maximum atomic E-state index is 13.4. The number of aryl methyl sites for hydroxylation is 1.